The Hall–Kier alpha value is -2.13. The van der Waals surface area contributed by atoms with E-state index in [4.69, 9.17) is 9.16 Å². The normalized spacial score (nSPS) is 28.2. The van der Waals surface area contributed by atoms with Crippen molar-refractivity contribution in [3.63, 3.8) is 0 Å². The van der Waals surface area contributed by atoms with Gasteiger partial charge < -0.3 is 24.1 Å². The summed E-state index contributed by atoms with van der Waals surface area (Å²) in [5.41, 5.74) is 0.752. The molecule has 2 amide bonds. The third-order valence-corrected chi connectivity index (χ3v) is 8.22. The highest BCUT2D eigenvalue weighted by molar-refractivity contribution is 6.48. The summed E-state index contributed by atoms with van der Waals surface area (Å²) >= 11 is 0. The minimum Gasteiger partial charge on any atom is -0.477 e. The lowest BCUT2D eigenvalue weighted by molar-refractivity contribution is -0.162. The molecular weight excluding hydrogens is 440 g/mol. The second-order valence-corrected chi connectivity index (χ2v) is 13.2. The van der Waals surface area contributed by atoms with Crippen LogP contribution < -0.4 is 0 Å². The minimum absolute atomic E-state index is 0.0157. The van der Waals surface area contributed by atoms with Gasteiger partial charge in [0, 0.05) is 25.1 Å². The van der Waals surface area contributed by atoms with Crippen molar-refractivity contribution in [1.29, 1.82) is 0 Å². The number of ether oxygens (including phenoxy) is 1. The van der Waals surface area contributed by atoms with Crippen molar-refractivity contribution in [3.05, 3.63) is 23.9 Å². The Balaban J connectivity index is 1.84. The Bertz CT molecular complexity index is 848. The van der Waals surface area contributed by atoms with E-state index in [9.17, 15) is 19.5 Å². The molecule has 2 saturated heterocycles. The summed E-state index contributed by atoms with van der Waals surface area (Å²) in [5.74, 6) is -1.54. The van der Waals surface area contributed by atoms with Crippen molar-refractivity contribution in [3.8, 4) is 0 Å². The maximum absolute atomic E-state index is 13.3. The van der Waals surface area contributed by atoms with Gasteiger partial charge in [0.15, 0.2) is 9.04 Å². The molecule has 3 rings (SSSR count). The molecule has 0 bridgehead atoms. The maximum Gasteiger partial charge on any atom is 0.410 e. The second-order valence-electron chi connectivity index (χ2n) is 10.7. The van der Waals surface area contributed by atoms with Crippen LogP contribution in [0.3, 0.4) is 0 Å². The van der Waals surface area contributed by atoms with Crippen molar-refractivity contribution in [1.82, 2.24) is 9.80 Å². The molecule has 33 heavy (non-hydrogen) atoms. The van der Waals surface area contributed by atoms with Crippen LogP contribution >= 0.6 is 0 Å². The topological polar surface area (TPSA) is 96.4 Å². The van der Waals surface area contributed by atoms with Gasteiger partial charge in [0.25, 0.3) is 0 Å². The second kappa shape index (κ2) is 9.62. The van der Waals surface area contributed by atoms with Gasteiger partial charge in [-0.25, -0.2) is 9.59 Å². The molecule has 8 nitrogen and oxygen atoms in total. The van der Waals surface area contributed by atoms with Gasteiger partial charge in [-0.05, 0) is 49.8 Å². The lowest BCUT2D eigenvalue weighted by Crippen LogP contribution is -2.63. The summed E-state index contributed by atoms with van der Waals surface area (Å²) in [5, 5.41) is 10.0. The zero-order valence-corrected chi connectivity index (χ0v) is 21.8. The number of amides is 2. The lowest BCUT2D eigenvalue weighted by Gasteiger charge is -2.50. The van der Waals surface area contributed by atoms with Crippen molar-refractivity contribution in [2.45, 2.75) is 65.7 Å². The molecule has 5 atom stereocenters. The van der Waals surface area contributed by atoms with Gasteiger partial charge in [-0.3, -0.25) is 4.79 Å². The number of nitrogens with zero attached hydrogens (tertiary/aromatic N) is 2. The summed E-state index contributed by atoms with van der Waals surface area (Å²) in [6.45, 7) is 17.2. The number of carboxylic acid groups (broad SMARTS) is 1. The van der Waals surface area contributed by atoms with Gasteiger partial charge in [-0.15, -0.1) is 0 Å². The summed E-state index contributed by atoms with van der Waals surface area (Å²) < 4.78 is 11.2. The van der Waals surface area contributed by atoms with E-state index in [2.05, 4.69) is 40.4 Å². The number of carbonyl (C=O) groups excluding carboxylic acids is 2. The molecule has 0 aromatic rings. The number of β-lactam (4-membered cyclic amide) rings is 1. The first-order chi connectivity index (χ1) is 15.4. The molecule has 2 unspecified atom stereocenters. The van der Waals surface area contributed by atoms with Crippen LogP contribution in [-0.2, 0) is 18.8 Å². The van der Waals surface area contributed by atoms with E-state index in [1.807, 2.05) is 6.92 Å². The lowest BCUT2D eigenvalue weighted by atomic mass is 9.66. The fraction of sp³-hybridized carbons (Fsp3) is 0.708. The van der Waals surface area contributed by atoms with Gasteiger partial charge in [0.2, 0.25) is 5.91 Å². The molecule has 0 saturated carbocycles. The number of hydrogen-bond acceptors (Lipinski definition) is 5. The summed E-state index contributed by atoms with van der Waals surface area (Å²) in [6.07, 6.45) is 2.29. The summed E-state index contributed by atoms with van der Waals surface area (Å²) in [7, 11) is -1.25. The molecule has 3 aliphatic heterocycles. The van der Waals surface area contributed by atoms with E-state index in [1.165, 1.54) is 11.0 Å². The number of hydrogen-bond donors (Lipinski definition) is 1. The average molecular weight is 479 g/mol. The van der Waals surface area contributed by atoms with Crippen LogP contribution in [0.15, 0.2) is 23.9 Å². The molecule has 0 aromatic carbocycles. The molecule has 9 heteroatoms. The van der Waals surface area contributed by atoms with Crippen LogP contribution in [0.2, 0.25) is 13.1 Å². The highest BCUT2D eigenvalue weighted by Crippen LogP contribution is 2.52. The van der Waals surface area contributed by atoms with Crippen molar-refractivity contribution in [2.75, 3.05) is 19.8 Å². The number of fused-ring (bicyclic) bond motifs is 1. The van der Waals surface area contributed by atoms with Crippen LogP contribution in [0.5, 0.6) is 0 Å². The van der Waals surface area contributed by atoms with Crippen molar-refractivity contribution in [2.24, 2.45) is 23.2 Å². The highest BCUT2D eigenvalue weighted by atomic mass is 28.3. The molecule has 0 radical (unpaired) electrons. The maximum atomic E-state index is 13.3. The average Bonchev–Trinajstić information content (AvgIpc) is 3.26. The highest BCUT2D eigenvalue weighted by Gasteiger charge is 2.60. The predicted molar refractivity (Wildman–Crippen MR) is 127 cm³/mol. The molecule has 2 fully saturated rings. The first-order valence-corrected chi connectivity index (χ1v) is 14.6. The van der Waals surface area contributed by atoms with E-state index in [1.54, 1.807) is 4.90 Å². The Morgan fingerprint density at radius 2 is 2.00 bits per heavy atom. The molecule has 0 aromatic heterocycles. The Labute approximate surface area is 198 Å². The molecule has 3 aliphatic rings. The number of carboxylic acids is 1. The number of likely N-dealkylation sites (tertiary alicyclic amines) is 1. The fourth-order valence-corrected chi connectivity index (χ4v) is 6.20. The van der Waals surface area contributed by atoms with E-state index < -0.39 is 21.1 Å². The van der Waals surface area contributed by atoms with Gasteiger partial charge in [0.1, 0.15) is 12.3 Å². The largest absolute Gasteiger partial charge is 0.477 e. The SMILES string of the molecule is C=CCOC(=O)N1CCC(C2=C(C(=O)O)N3C(=O)[C@@H]([C@@H](CO[SiH](C)C)C(C)(C)C)[C@H]3C2)C1C. The van der Waals surface area contributed by atoms with E-state index >= 15 is 0 Å². The van der Waals surface area contributed by atoms with Crippen LogP contribution in [0.4, 0.5) is 4.79 Å². The Kier molecular flexibility index (Phi) is 7.43. The summed E-state index contributed by atoms with van der Waals surface area (Å²) in [4.78, 5) is 41.1. The third-order valence-electron chi connectivity index (χ3n) is 7.36. The van der Waals surface area contributed by atoms with Crippen molar-refractivity contribution >= 4 is 27.0 Å². The summed E-state index contributed by atoms with van der Waals surface area (Å²) in [6, 6.07) is -0.359. The first-order valence-electron chi connectivity index (χ1n) is 11.8. The van der Waals surface area contributed by atoms with E-state index in [0.29, 0.717) is 26.0 Å². The quantitative estimate of drug-likeness (QED) is 0.327. The van der Waals surface area contributed by atoms with E-state index in [-0.39, 0.29) is 53.5 Å². The van der Waals surface area contributed by atoms with Crippen molar-refractivity contribution < 1.29 is 28.7 Å². The minimum atomic E-state index is -1.25. The fourth-order valence-electron chi connectivity index (χ4n) is 5.61. The van der Waals surface area contributed by atoms with Crippen LogP contribution in [0.1, 0.15) is 40.5 Å². The molecule has 0 aliphatic carbocycles. The standard InChI is InChI=1S/C24H38N2O6Si/c1-8-11-31-23(30)25-10-9-15(14(25)2)16-12-18-19(21(27)26(18)20(16)22(28)29)17(24(3,4)5)13-32-33(6)7/h8,14-15,17-19,33H,1,9-13H2,2-7H3,(H,28,29)/t14?,15?,17-,18-,19+/m1/s1. The molecule has 3 heterocycles. The molecular formula is C24H38N2O6Si. The van der Waals surface area contributed by atoms with Gasteiger partial charge in [-0.1, -0.05) is 33.4 Å². The zero-order chi connectivity index (χ0) is 24.7. The number of aliphatic carboxylic acids is 1. The zero-order valence-electron chi connectivity index (χ0n) is 20.7. The van der Waals surface area contributed by atoms with Gasteiger partial charge in [0.05, 0.1) is 12.0 Å². The van der Waals surface area contributed by atoms with Crippen LogP contribution in [-0.4, -0.2) is 73.8 Å². The first kappa shape index (κ1) is 25.5. The third kappa shape index (κ3) is 4.75. The monoisotopic (exact) mass is 478 g/mol. The Morgan fingerprint density at radius 3 is 2.55 bits per heavy atom. The predicted octanol–water partition coefficient (Wildman–Crippen LogP) is 3.25. The molecule has 0 spiro atoms. The number of rotatable bonds is 8. The van der Waals surface area contributed by atoms with E-state index in [0.717, 1.165) is 5.57 Å². The molecule has 184 valence electrons. The van der Waals surface area contributed by atoms with Crippen LogP contribution in [0, 0.1) is 23.2 Å². The smallest absolute Gasteiger partial charge is 0.410 e. The number of carbonyl (C=O) groups is 3. The van der Waals surface area contributed by atoms with Crippen LogP contribution in [0.25, 0.3) is 0 Å². The molecule has 1 N–H and O–H groups in total. The van der Waals surface area contributed by atoms with Gasteiger partial charge in [-0.2, -0.15) is 0 Å². The van der Waals surface area contributed by atoms with Gasteiger partial charge >= 0.3 is 12.1 Å². The Morgan fingerprint density at radius 1 is 1.33 bits per heavy atom.